The van der Waals surface area contributed by atoms with Gasteiger partial charge in [0.15, 0.2) is 0 Å². The monoisotopic (exact) mass is 462 g/mol. The Bertz CT molecular complexity index is 1320. The van der Waals surface area contributed by atoms with Crippen molar-refractivity contribution in [2.24, 2.45) is 7.05 Å². The van der Waals surface area contributed by atoms with E-state index in [2.05, 4.69) is 10.1 Å². The van der Waals surface area contributed by atoms with Gasteiger partial charge in [-0.1, -0.05) is 18.2 Å². The number of aliphatic hydroxyl groups excluding tert-OH is 1. The normalized spacial score (nSPS) is 20.4. The first-order valence-corrected chi connectivity index (χ1v) is 11.1. The summed E-state index contributed by atoms with van der Waals surface area (Å²) < 4.78 is 9.61. The molecule has 1 aliphatic carbocycles. The summed E-state index contributed by atoms with van der Waals surface area (Å²) in [5.74, 6) is 1.04. The van der Waals surface area contributed by atoms with Crippen LogP contribution in [0.25, 0.3) is 22.2 Å². The molecule has 1 fully saturated rings. The van der Waals surface area contributed by atoms with Crippen LogP contribution in [0.3, 0.4) is 0 Å². The number of carboxylic acid groups (broad SMARTS) is 1. The number of nitrogens with zero attached hydrogens (tertiary/aromatic N) is 6. The lowest BCUT2D eigenvalue weighted by Crippen LogP contribution is -2.38. The van der Waals surface area contributed by atoms with Crippen LogP contribution in [0.4, 0.5) is 10.6 Å². The zero-order valence-electron chi connectivity index (χ0n) is 18.9. The number of amides is 1. The molecule has 1 saturated carbocycles. The molecule has 176 valence electrons. The van der Waals surface area contributed by atoms with E-state index in [4.69, 9.17) is 9.84 Å². The first-order valence-electron chi connectivity index (χ1n) is 11.1. The Hall–Kier alpha value is -3.92. The number of pyridine rings is 1. The second kappa shape index (κ2) is 8.79. The van der Waals surface area contributed by atoms with Crippen LogP contribution in [0.1, 0.15) is 25.3 Å². The Morgan fingerprint density at radius 2 is 2.00 bits per heavy atom. The minimum atomic E-state index is -1.10. The summed E-state index contributed by atoms with van der Waals surface area (Å²) in [5, 5.41) is 30.2. The van der Waals surface area contributed by atoms with Gasteiger partial charge in [0.2, 0.25) is 0 Å². The van der Waals surface area contributed by atoms with Gasteiger partial charge >= 0.3 is 6.09 Å². The van der Waals surface area contributed by atoms with Crippen molar-refractivity contribution in [1.82, 2.24) is 24.5 Å². The van der Waals surface area contributed by atoms with Crippen molar-refractivity contribution in [3.63, 3.8) is 0 Å². The Kier molecular flexibility index (Phi) is 5.66. The molecule has 3 aromatic heterocycles. The highest BCUT2D eigenvalue weighted by molar-refractivity contribution is 5.95. The molecule has 0 spiro atoms. The highest BCUT2D eigenvalue weighted by Gasteiger charge is 2.33. The summed E-state index contributed by atoms with van der Waals surface area (Å²) in [6.45, 7) is 0. The van der Waals surface area contributed by atoms with Gasteiger partial charge in [-0.25, -0.2) is 9.78 Å². The number of carbonyl (C=O) groups is 1. The number of hydrogen-bond donors (Lipinski definition) is 2. The average Bonchev–Trinajstić information content (AvgIpc) is 3.43. The van der Waals surface area contributed by atoms with Crippen LogP contribution in [0.5, 0.6) is 5.75 Å². The number of hydrogen-bond acceptors (Lipinski definition) is 6. The molecule has 10 nitrogen and oxygen atoms in total. The van der Waals surface area contributed by atoms with Gasteiger partial charge in [-0.15, -0.1) is 0 Å². The molecule has 0 aliphatic heterocycles. The maximum Gasteiger partial charge on any atom is 0.412 e. The van der Waals surface area contributed by atoms with E-state index in [1.165, 1.54) is 7.05 Å². The van der Waals surface area contributed by atoms with Crippen molar-refractivity contribution in [3.05, 3.63) is 55.0 Å². The van der Waals surface area contributed by atoms with Gasteiger partial charge in [-0.3, -0.25) is 14.3 Å². The largest absolute Gasteiger partial charge is 0.488 e. The second-order valence-corrected chi connectivity index (χ2v) is 8.60. The molecular formula is C24H26N6O4. The van der Waals surface area contributed by atoms with E-state index in [-0.39, 0.29) is 12.1 Å². The lowest BCUT2D eigenvalue weighted by molar-refractivity contribution is -0.00946. The molecule has 5 rings (SSSR count). The highest BCUT2D eigenvalue weighted by Crippen LogP contribution is 2.37. The zero-order chi connectivity index (χ0) is 23.8. The molecule has 3 heterocycles. The van der Waals surface area contributed by atoms with Crippen molar-refractivity contribution < 1.29 is 19.7 Å². The molecule has 0 bridgehead atoms. The van der Waals surface area contributed by atoms with Crippen molar-refractivity contribution >= 4 is 22.8 Å². The van der Waals surface area contributed by atoms with Crippen LogP contribution in [0, 0.1) is 0 Å². The van der Waals surface area contributed by atoms with E-state index >= 15 is 0 Å². The topological polar surface area (TPSA) is 119 Å². The number of ether oxygens (including phenoxy) is 1. The first kappa shape index (κ1) is 21.9. The molecule has 0 unspecified atom stereocenters. The van der Waals surface area contributed by atoms with Crippen LogP contribution in [0.2, 0.25) is 0 Å². The summed E-state index contributed by atoms with van der Waals surface area (Å²) >= 11 is 0. The van der Waals surface area contributed by atoms with Crippen molar-refractivity contribution in [1.29, 1.82) is 0 Å². The van der Waals surface area contributed by atoms with Crippen molar-refractivity contribution in [2.75, 3.05) is 11.9 Å². The summed E-state index contributed by atoms with van der Waals surface area (Å²) in [4.78, 5) is 16.9. The highest BCUT2D eigenvalue weighted by atomic mass is 16.5. The predicted octanol–water partition coefficient (Wildman–Crippen LogP) is 3.48. The van der Waals surface area contributed by atoms with Crippen molar-refractivity contribution in [3.8, 4) is 17.0 Å². The van der Waals surface area contributed by atoms with Gasteiger partial charge in [-0.2, -0.15) is 10.2 Å². The van der Waals surface area contributed by atoms with Gasteiger partial charge < -0.3 is 14.9 Å². The van der Waals surface area contributed by atoms with Gasteiger partial charge in [0.1, 0.15) is 23.4 Å². The zero-order valence-corrected chi connectivity index (χ0v) is 18.9. The van der Waals surface area contributed by atoms with Crippen LogP contribution < -0.4 is 9.64 Å². The fraction of sp³-hybridized carbons (Fsp3) is 0.333. The average molecular weight is 463 g/mol. The van der Waals surface area contributed by atoms with Gasteiger partial charge in [0, 0.05) is 43.5 Å². The standard InChI is InChI=1S/C24H26N6O4/c1-28-14-15(12-26-28)23-18-13-25-22(29(2)24(32)33)11-19(18)30(27-23)16-8-9-21(20(31)10-16)34-17-6-4-3-5-7-17/h3-7,11-14,16,20-21,31H,8-10H2,1-2H3,(H,32,33)/t16-,20+,21+/m1/s1. The van der Waals surface area contributed by atoms with E-state index in [1.54, 1.807) is 23.1 Å². The number of aryl methyl sites for hydroxylation is 1. The third-order valence-electron chi connectivity index (χ3n) is 6.29. The third kappa shape index (κ3) is 4.08. The van der Waals surface area contributed by atoms with Crippen LogP contribution in [-0.2, 0) is 7.05 Å². The van der Waals surface area contributed by atoms with E-state index in [1.807, 2.05) is 48.3 Å². The summed E-state index contributed by atoms with van der Waals surface area (Å²) in [7, 11) is 3.29. The maximum absolute atomic E-state index is 11.5. The number of para-hydroxylation sites is 1. The molecular weight excluding hydrogens is 436 g/mol. The molecule has 2 N–H and O–H groups in total. The second-order valence-electron chi connectivity index (χ2n) is 8.60. The summed E-state index contributed by atoms with van der Waals surface area (Å²) in [5.41, 5.74) is 2.32. The number of rotatable bonds is 5. The number of anilines is 1. The molecule has 0 saturated heterocycles. The minimum absolute atomic E-state index is 0.0797. The fourth-order valence-electron chi connectivity index (χ4n) is 4.47. The Morgan fingerprint density at radius 3 is 2.68 bits per heavy atom. The number of aromatic nitrogens is 5. The van der Waals surface area contributed by atoms with Crippen LogP contribution in [-0.4, -0.2) is 60.1 Å². The molecule has 10 heteroatoms. The number of benzene rings is 1. The van der Waals surface area contributed by atoms with Crippen LogP contribution in [0.15, 0.2) is 55.0 Å². The maximum atomic E-state index is 11.5. The molecule has 3 atom stereocenters. The first-order chi connectivity index (χ1) is 16.4. The van der Waals surface area contributed by atoms with Gasteiger partial charge in [-0.05, 0) is 31.4 Å². The van der Waals surface area contributed by atoms with Gasteiger partial charge in [0.25, 0.3) is 0 Å². The van der Waals surface area contributed by atoms with E-state index < -0.39 is 12.2 Å². The quantitative estimate of drug-likeness (QED) is 0.466. The predicted molar refractivity (Wildman–Crippen MR) is 126 cm³/mol. The van der Waals surface area contributed by atoms with Crippen LogP contribution >= 0.6 is 0 Å². The molecule has 34 heavy (non-hydrogen) atoms. The lowest BCUT2D eigenvalue weighted by Gasteiger charge is -2.33. The number of aliphatic hydroxyl groups is 1. The fourth-order valence-corrected chi connectivity index (χ4v) is 4.47. The molecule has 4 aromatic rings. The van der Waals surface area contributed by atoms with Crippen molar-refractivity contribution in [2.45, 2.75) is 37.5 Å². The summed E-state index contributed by atoms with van der Waals surface area (Å²) in [6.07, 6.45) is 5.09. The smallest absolute Gasteiger partial charge is 0.412 e. The Balaban J connectivity index is 1.49. The lowest BCUT2D eigenvalue weighted by atomic mass is 9.90. The number of fused-ring (bicyclic) bond motifs is 1. The Labute approximate surface area is 196 Å². The molecule has 0 radical (unpaired) electrons. The third-order valence-corrected chi connectivity index (χ3v) is 6.29. The molecule has 1 aliphatic rings. The molecule has 1 aromatic carbocycles. The molecule has 1 amide bonds. The minimum Gasteiger partial charge on any atom is -0.488 e. The summed E-state index contributed by atoms with van der Waals surface area (Å²) in [6, 6.07) is 11.2. The Morgan fingerprint density at radius 1 is 1.21 bits per heavy atom. The van der Waals surface area contributed by atoms with E-state index in [0.717, 1.165) is 39.2 Å². The van der Waals surface area contributed by atoms with Gasteiger partial charge in [0.05, 0.1) is 23.9 Å². The van der Waals surface area contributed by atoms with E-state index in [0.29, 0.717) is 18.7 Å². The van der Waals surface area contributed by atoms with E-state index in [9.17, 15) is 15.0 Å². The SMILES string of the molecule is CN(C(=O)O)c1cc2c(cn1)c(-c1cnn(C)c1)nn2[C@@H]1CC[C@H](Oc2ccccc2)[C@@H](O)C1.